The lowest BCUT2D eigenvalue weighted by Crippen LogP contribution is -1.85. The van der Waals surface area contributed by atoms with E-state index in [1.165, 1.54) is 0 Å². The summed E-state index contributed by atoms with van der Waals surface area (Å²) in [6, 6.07) is 11.7. The van der Waals surface area contributed by atoms with E-state index in [2.05, 4.69) is 20.9 Å². The lowest BCUT2D eigenvalue weighted by molar-refractivity contribution is 0.415. The third kappa shape index (κ3) is 2.36. The molecule has 0 amide bonds. The lowest BCUT2D eigenvalue weighted by atomic mass is 10.1. The molecule has 0 unspecified atom stereocenters. The molecule has 2 aromatic rings. The van der Waals surface area contributed by atoms with E-state index in [-0.39, 0.29) is 0 Å². The van der Waals surface area contributed by atoms with Crippen LogP contribution in [0.5, 0.6) is 5.75 Å². The molecule has 2 rings (SSSR count). The largest absolute Gasteiger partial charge is 0.497 e. The second kappa shape index (κ2) is 4.45. The molecule has 1 aromatic heterocycles. The minimum atomic E-state index is 0.842. The maximum Gasteiger partial charge on any atom is 0.119 e. The highest BCUT2D eigenvalue weighted by atomic mass is 79.9. The number of ether oxygens (including phenoxy) is 1. The summed E-state index contributed by atoms with van der Waals surface area (Å²) in [6.07, 6.45) is 1.78. The summed E-state index contributed by atoms with van der Waals surface area (Å²) in [5.74, 6) is 0.842. The monoisotopic (exact) mass is 263 g/mol. The van der Waals surface area contributed by atoms with Crippen LogP contribution >= 0.6 is 15.9 Å². The minimum Gasteiger partial charge on any atom is -0.497 e. The fourth-order valence-corrected chi connectivity index (χ4v) is 1.68. The molecular weight excluding hydrogens is 254 g/mol. The van der Waals surface area contributed by atoms with Gasteiger partial charge < -0.3 is 4.74 Å². The van der Waals surface area contributed by atoms with Crippen molar-refractivity contribution in [3.8, 4) is 17.0 Å². The van der Waals surface area contributed by atoms with E-state index < -0.39 is 0 Å². The quantitative estimate of drug-likeness (QED) is 0.827. The van der Waals surface area contributed by atoms with Crippen LogP contribution < -0.4 is 4.74 Å². The SMILES string of the molecule is COc1cccc(-c2cc(Br)ccn2)c1. The summed E-state index contributed by atoms with van der Waals surface area (Å²) in [4.78, 5) is 4.30. The number of hydrogen-bond donors (Lipinski definition) is 0. The Morgan fingerprint density at radius 3 is 2.80 bits per heavy atom. The normalized spacial score (nSPS) is 10.0. The highest BCUT2D eigenvalue weighted by Gasteiger charge is 2.00. The molecule has 1 aromatic carbocycles. The molecule has 0 atom stereocenters. The van der Waals surface area contributed by atoms with Gasteiger partial charge >= 0.3 is 0 Å². The zero-order valence-corrected chi connectivity index (χ0v) is 9.86. The number of rotatable bonds is 2. The summed E-state index contributed by atoms with van der Waals surface area (Å²) in [5, 5.41) is 0. The van der Waals surface area contributed by atoms with Crippen LogP contribution in [0.1, 0.15) is 0 Å². The van der Waals surface area contributed by atoms with Crippen LogP contribution in [0.25, 0.3) is 11.3 Å². The average Bonchev–Trinajstić information content (AvgIpc) is 2.29. The molecule has 0 saturated carbocycles. The van der Waals surface area contributed by atoms with Crippen LogP contribution in [0, 0.1) is 0 Å². The van der Waals surface area contributed by atoms with Gasteiger partial charge in [-0.2, -0.15) is 0 Å². The minimum absolute atomic E-state index is 0.842. The molecule has 0 N–H and O–H groups in total. The molecule has 0 spiro atoms. The Morgan fingerprint density at radius 2 is 2.07 bits per heavy atom. The Bertz CT molecular complexity index is 471. The zero-order chi connectivity index (χ0) is 10.7. The molecular formula is C12H10BrNO. The second-order valence-electron chi connectivity index (χ2n) is 3.09. The van der Waals surface area contributed by atoms with Gasteiger partial charge in [0, 0.05) is 16.2 Å². The van der Waals surface area contributed by atoms with Gasteiger partial charge in [-0.3, -0.25) is 4.98 Å². The Balaban J connectivity index is 2.44. The summed E-state index contributed by atoms with van der Waals surface area (Å²) in [6.45, 7) is 0. The molecule has 3 heteroatoms. The van der Waals surface area contributed by atoms with Crippen molar-refractivity contribution in [1.29, 1.82) is 0 Å². The predicted octanol–water partition coefficient (Wildman–Crippen LogP) is 3.52. The third-order valence-electron chi connectivity index (χ3n) is 2.09. The van der Waals surface area contributed by atoms with Crippen LogP contribution in [0.15, 0.2) is 47.1 Å². The summed E-state index contributed by atoms with van der Waals surface area (Å²) >= 11 is 3.42. The van der Waals surface area contributed by atoms with Crippen molar-refractivity contribution < 1.29 is 4.74 Å². The van der Waals surface area contributed by atoms with E-state index in [1.807, 2.05) is 36.4 Å². The molecule has 1 heterocycles. The van der Waals surface area contributed by atoms with E-state index in [9.17, 15) is 0 Å². The van der Waals surface area contributed by atoms with Crippen LogP contribution in [0.2, 0.25) is 0 Å². The molecule has 0 bridgehead atoms. The molecule has 15 heavy (non-hydrogen) atoms. The first kappa shape index (κ1) is 10.2. The molecule has 0 aliphatic rings. The van der Waals surface area contributed by atoms with Crippen LogP contribution in [0.4, 0.5) is 0 Å². The van der Waals surface area contributed by atoms with E-state index in [1.54, 1.807) is 13.3 Å². The van der Waals surface area contributed by atoms with Crippen molar-refractivity contribution in [2.24, 2.45) is 0 Å². The smallest absolute Gasteiger partial charge is 0.119 e. The van der Waals surface area contributed by atoms with Crippen molar-refractivity contribution >= 4 is 15.9 Å². The maximum absolute atomic E-state index is 5.17. The Kier molecular flexibility index (Phi) is 3.02. The van der Waals surface area contributed by atoms with Gasteiger partial charge in [-0.1, -0.05) is 28.1 Å². The maximum atomic E-state index is 5.17. The molecule has 0 fully saturated rings. The number of halogens is 1. The number of methoxy groups -OCH3 is 1. The lowest BCUT2D eigenvalue weighted by Gasteiger charge is -2.03. The highest BCUT2D eigenvalue weighted by molar-refractivity contribution is 9.10. The molecule has 76 valence electrons. The van der Waals surface area contributed by atoms with Crippen molar-refractivity contribution in [3.63, 3.8) is 0 Å². The third-order valence-corrected chi connectivity index (χ3v) is 2.58. The van der Waals surface area contributed by atoms with Gasteiger partial charge in [-0.05, 0) is 24.3 Å². The number of benzene rings is 1. The van der Waals surface area contributed by atoms with E-state index in [4.69, 9.17) is 4.74 Å². The topological polar surface area (TPSA) is 22.1 Å². The van der Waals surface area contributed by atoms with E-state index in [0.29, 0.717) is 0 Å². The van der Waals surface area contributed by atoms with Crippen LogP contribution in [0.3, 0.4) is 0 Å². The van der Waals surface area contributed by atoms with Gasteiger partial charge in [0.15, 0.2) is 0 Å². The van der Waals surface area contributed by atoms with Crippen molar-refractivity contribution in [2.45, 2.75) is 0 Å². The summed E-state index contributed by atoms with van der Waals surface area (Å²) in [5.41, 5.74) is 1.99. The first-order chi connectivity index (χ1) is 7.29. The first-order valence-electron chi connectivity index (χ1n) is 4.55. The Hall–Kier alpha value is -1.35. The van der Waals surface area contributed by atoms with E-state index >= 15 is 0 Å². The van der Waals surface area contributed by atoms with E-state index in [0.717, 1.165) is 21.5 Å². The van der Waals surface area contributed by atoms with Crippen molar-refractivity contribution in [3.05, 3.63) is 47.1 Å². The van der Waals surface area contributed by atoms with Gasteiger partial charge in [0.25, 0.3) is 0 Å². The molecule has 2 nitrogen and oxygen atoms in total. The standard InChI is InChI=1S/C12H10BrNO/c1-15-11-4-2-3-9(7-11)12-8-10(13)5-6-14-12/h2-8H,1H3. The summed E-state index contributed by atoms with van der Waals surface area (Å²) < 4.78 is 6.19. The molecule has 0 saturated heterocycles. The average molecular weight is 264 g/mol. The first-order valence-corrected chi connectivity index (χ1v) is 5.35. The van der Waals surface area contributed by atoms with Gasteiger partial charge in [-0.25, -0.2) is 0 Å². The Morgan fingerprint density at radius 1 is 1.20 bits per heavy atom. The number of pyridine rings is 1. The number of nitrogens with zero attached hydrogens (tertiary/aromatic N) is 1. The van der Waals surface area contributed by atoms with Crippen molar-refractivity contribution in [2.75, 3.05) is 7.11 Å². The number of hydrogen-bond acceptors (Lipinski definition) is 2. The molecule has 0 aliphatic heterocycles. The second-order valence-corrected chi connectivity index (χ2v) is 4.01. The van der Waals surface area contributed by atoms with Crippen LogP contribution in [-0.2, 0) is 0 Å². The van der Waals surface area contributed by atoms with Gasteiger partial charge in [0.05, 0.1) is 12.8 Å². The molecule has 0 aliphatic carbocycles. The zero-order valence-electron chi connectivity index (χ0n) is 8.27. The predicted molar refractivity (Wildman–Crippen MR) is 63.9 cm³/mol. The Labute approximate surface area is 97.1 Å². The summed E-state index contributed by atoms with van der Waals surface area (Å²) in [7, 11) is 1.66. The fraction of sp³-hybridized carbons (Fsp3) is 0.0833. The molecule has 0 radical (unpaired) electrons. The van der Waals surface area contributed by atoms with Gasteiger partial charge in [-0.15, -0.1) is 0 Å². The highest BCUT2D eigenvalue weighted by Crippen LogP contribution is 2.23. The van der Waals surface area contributed by atoms with Gasteiger partial charge in [0.1, 0.15) is 5.75 Å². The fourth-order valence-electron chi connectivity index (χ4n) is 1.35. The van der Waals surface area contributed by atoms with Crippen LogP contribution in [-0.4, -0.2) is 12.1 Å². The van der Waals surface area contributed by atoms with Gasteiger partial charge in [0.2, 0.25) is 0 Å². The van der Waals surface area contributed by atoms with Crippen molar-refractivity contribution in [1.82, 2.24) is 4.98 Å². The number of aromatic nitrogens is 1.